The lowest BCUT2D eigenvalue weighted by atomic mass is 10.1. The number of aromatic amines is 1. The number of amides is 1. The van der Waals surface area contributed by atoms with Crippen LogP contribution in [0.25, 0.3) is 0 Å². The Bertz CT molecular complexity index is 601. The van der Waals surface area contributed by atoms with Crippen LogP contribution in [0.4, 0.5) is 0 Å². The van der Waals surface area contributed by atoms with Crippen molar-refractivity contribution in [1.82, 2.24) is 20.5 Å². The number of H-pyrrole nitrogens is 1. The summed E-state index contributed by atoms with van der Waals surface area (Å²) in [5.41, 5.74) is 2.46. The smallest absolute Gasteiger partial charge is 0.220 e. The Kier molecular flexibility index (Phi) is 5.69. The maximum Gasteiger partial charge on any atom is 0.220 e. The molecule has 22 heavy (non-hydrogen) atoms. The summed E-state index contributed by atoms with van der Waals surface area (Å²) in [6.45, 7) is 6.72. The second-order valence-electron chi connectivity index (χ2n) is 6.06. The van der Waals surface area contributed by atoms with Crippen molar-refractivity contribution < 1.29 is 4.79 Å². The fraction of sp³-hybridized carbons (Fsp3) is 0.471. The molecule has 1 aromatic carbocycles. The van der Waals surface area contributed by atoms with Gasteiger partial charge in [0.25, 0.3) is 0 Å². The number of nitrogens with zero attached hydrogens (tertiary/aromatic N) is 2. The zero-order valence-electron chi connectivity index (χ0n) is 13.5. The van der Waals surface area contributed by atoms with Crippen molar-refractivity contribution in [2.24, 2.45) is 5.92 Å². The number of rotatable bonds is 7. The van der Waals surface area contributed by atoms with Crippen LogP contribution in [0.15, 0.2) is 24.3 Å². The average Bonchev–Trinajstić information content (AvgIpc) is 2.88. The SMILES string of the molecule is Cc1ccc(Cc2nc(CCNC(=O)CC(C)C)n[nH]2)cc1. The summed E-state index contributed by atoms with van der Waals surface area (Å²) in [4.78, 5) is 16.0. The number of hydrogen-bond donors (Lipinski definition) is 2. The second-order valence-corrected chi connectivity index (χ2v) is 6.06. The van der Waals surface area contributed by atoms with Gasteiger partial charge in [-0.15, -0.1) is 0 Å². The fourth-order valence-electron chi connectivity index (χ4n) is 2.18. The van der Waals surface area contributed by atoms with E-state index in [0.29, 0.717) is 25.3 Å². The Morgan fingerprint density at radius 3 is 2.68 bits per heavy atom. The molecule has 0 unspecified atom stereocenters. The minimum absolute atomic E-state index is 0.0883. The lowest BCUT2D eigenvalue weighted by molar-refractivity contribution is -0.121. The highest BCUT2D eigenvalue weighted by Crippen LogP contribution is 2.07. The lowest BCUT2D eigenvalue weighted by Gasteiger charge is -2.05. The molecule has 0 aliphatic heterocycles. The molecule has 1 amide bonds. The number of carbonyl (C=O) groups is 1. The average molecular weight is 300 g/mol. The van der Waals surface area contributed by atoms with Crippen molar-refractivity contribution in [1.29, 1.82) is 0 Å². The van der Waals surface area contributed by atoms with Gasteiger partial charge in [-0.1, -0.05) is 43.7 Å². The van der Waals surface area contributed by atoms with E-state index in [0.717, 1.165) is 18.1 Å². The fourth-order valence-corrected chi connectivity index (χ4v) is 2.18. The van der Waals surface area contributed by atoms with Crippen molar-refractivity contribution >= 4 is 5.91 Å². The summed E-state index contributed by atoms with van der Waals surface area (Å²) in [6.07, 6.45) is 1.95. The van der Waals surface area contributed by atoms with E-state index in [-0.39, 0.29) is 5.91 Å². The number of benzene rings is 1. The van der Waals surface area contributed by atoms with Gasteiger partial charge in [0, 0.05) is 25.8 Å². The minimum atomic E-state index is 0.0883. The molecule has 0 saturated heterocycles. The highest BCUT2D eigenvalue weighted by atomic mass is 16.1. The summed E-state index contributed by atoms with van der Waals surface area (Å²) >= 11 is 0. The monoisotopic (exact) mass is 300 g/mol. The van der Waals surface area contributed by atoms with Crippen molar-refractivity contribution in [3.63, 3.8) is 0 Å². The van der Waals surface area contributed by atoms with E-state index in [1.807, 2.05) is 13.8 Å². The van der Waals surface area contributed by atoms with Gasteiger partial charge >= 0.3 is 0 Å². The van der Waals surface area contributed by atoms with Gasteiger partial charge in [-0.25, -0.2) is 4.98 Å². The Morgan fingerprint density at radius 2 is 2.00 bits per heavy atom. The van der Waals surface area contributed by atoms with Gasteiger partial charge in [-0.2, -0.15) is 5.10 Å². The molecule has 0 fully saturated rings. The van der Waals surface area contributed by atoms with Crippen LogP contribution in [0, 0.1) is 12.8 Å². The van der Waals surface area contributed by atoms with E-state index in [1.165, 1.54) is 11.1 Å². The standard InChI is InChI=1S/C17H24N4O/c1-12(2)10-17(22)18-9-8-15-19-16(21-20-15)11-14-6-4-13(3)5-7-14/h4-7,12H,8-11H2,1-3H3,(H,18,22)(H,19,20,21). The van der Waals surface area contributed by atoms with E-state index in [9.17, 15) is 4.79 Å². The first-order chi connectivity index (χ1) is 10.5. The molecule has 0 radical (unpaired) electrons. The molecule has 0 saturated carbocycles. The van der Waals surface area contributed by atoms with E-state index in [2.05, 4.69) is 51.7 Å². The molecule has 0 bridgehead atoms. The second kappa shape index (κ2) is 7.73. The minimum Gasteiger partial charge on any atom is -0.356 e. The van der Waals surface area contributed by atoms with Gasteiger partial charge in [-0.05, 0) is 18.4 Å². The molecule has 118 valence electrons. The van der Waals surface area contributed by atoms with Crippen LogP contribution in [0.1, 0.15) is 43.0 Å². The van der Waals surface area contributed by atoms with Gasteiger partial charge in [0.05, 0.1) is 0 Å². The van der Waals surface area contributed by atoms with Crippen LogP contribution < -0.4 is 5.32 Å². The molecular formula is C17H24N4O. The molecule has 5 heteroatoms. The van der Waals surface area contributed by atoms with Crippen LogP contribution in [0.5, 0.6) is 0 Å². The summed E-state index contributed by atoms with van der Waals surface area (Å²) in [5, 5.41) is 10.1. The number of aromatic nitrogens is 3. The Labute approximate surface area is 131 Å². The first-order valence-electron chi connectivity index (χ1n) is 7.75. The largest absolute Gasteiger partial charge is 0.356 e. The molecule has 0 spiro atoms. The molecule has 2 aromatic rings. The van der Waals surface area contributed by atoms with Crippen LogP contribution in [0.3, 0.4) is 0 Å². The molecule has 0 aliphatic carbocycles. The predicted molar refractivity (Wildman–Crippen MR) is 86.5 cm³/mol. The molecule has 5 nitrogen and oxygen atoms in total. The number of nitrogens with one attached hydrogen (secondary N) is 2. The highest BCUT2D eigenvalue weighted by molar-refractivity contribution is 5.75. The zero-order chi connectivity index (χ0) is 15.9. The predicted octanol–water partition coefficient (Wildman–Crippen LogP) is 2.41. The van der Waals surface area contributed by atoms with Crippen LogP contribution in [-0.4, -0.2) is 27.6 Å². The first-order valence-corrected chi connectivity index (χ1v) is 7.75. The first kappa shape index (κ1) is 16.2. The number of carbonyl (C=O) groups excluding carboxylic acids is 1. The lowest BCUT2D eigenvalue weighted by Crippen LogP contribution is -2.26. The molecule has 0 aliphatic rings. The molecule has 2 rings (SSSR count). The molecule has 2 N–H and O–H groups in total. The molecular weight excluding hydrogens is 276 g/mol. The summed E-state index contributed by atoms with van der Waals surface area (Å²) in [6, 6.07) is 8.39. The van der Waals surface area contributed by atoms with Crippen molar-refractivity contribution in [2.75, 3.05) is 6.54 Å². The summed E-state index contributed by atoms with van der Waals surface area (Å²) in [7, 11) is 0. The molecule has 0 atom stereocenters. The molecule has 1 aromatic heterocycles. The van der Waals surface area contributed by atoms with Gasteiger partial charge in [0.1, 0.15) is 5.82 Å². The van der Waals surface area contributed by atoms with E-state index in [4.69, 9.17) is 0 Å². The normalized spacial score (nSPS) is 10.9. The van der Waals surface area contributed by atoms with Gasteiger partial charge in [-0.3, -0.25) is 9.89 Å². The van der Waals surface area contributed by atoms with Crippen molar-refractivity contribution in [3.05, 3.63) is 47.0 Å². The quantitative estimate of drug-likeness (QED) is 0.825. The topological polar surface area (TPSA) is 70.7 Å². The van der Waals surface area contributed by atoms with Gasteiger partial charge < -0.3 is 5.32 Å². The van der Waals surface area contributed by atoms with Crippen LogP contribution >= 0.6 is 0 Å². The van der Waals surface area contributed by atoms with E-state index < -0.39 is 0 Å². The Hall–Kier alpha value is -2.17. The zero-order valence-corrected chi connectivity index (χ0v) is 13.5. The van der Waals surface area contributed by atoms with Gasteiger partial charge in [0.2, 0.25) is 5.91 Å². The van der Waals surface area contributed by atoms with Crippen LogP contribution in [0.2, 0.25) is 0 Å². The third-order valence-corrected chi connectivity index (χ3v) is 3.33. The van der Waals surface area contributed by atoms with E-state index in [1.54, 1.807) is 0 Å². The third-order valence-electron chi connectivity index (χ3n) is 3.33. The summed E-state index contributed by atoms with van der Waals surface area (Å²) in [5.74, 6) is 2.06. The Balaban J connectivity index is 1.79. The maximum absolute atomic E-state index is 11.6. The van der Waals surface area contributed by atoms with Crippen LogP contribution in [-0.2, 0) is 17.6 Å². The van der Waals surface area contributed by atoms with Crippen molar-refractivity contribution in [2.45, 2.75) is 40.0 Å². The Morgan fingerprint density at radius 1 is 1.27 bits per heavy atom. The third kappa shape index (κ3) is 5.31. The van der Waals surface area contributed by atoms with E-state index >= 15 is 0 Å². The number of aryl methyl sites for hydroxylation is 1. The maximum atomic E-state index is 11.6. The van der Waals surface area contributed by atoms with Crippen molar-refractivity contribution in [3.8, 4) is 0 Å². The molecule has 1 heterocycles. The highest BCUT2D eigenvalue weighted by Gasteiger charge is 2.07. The van der Waals surface area contributed by atoms with Gasteiger partial charge in [0.15, 0.2) is 5.82 Å². The summed E-state index contributed by atoms with van der Waals surface area (Å²) < 4.78 is 0. The number of hydrogen-bond acceptors (Lipinski definition) is 3.